The zero-order valence-electron chi connectivity index (χ0n) is 41.4. The SMILES string of the molecule is Nc1cc(S(=O)(=O)O)cc2cc(S(=O)(=O)O)c(N=Nc3ccc(-c4ccc(N=Nc5c(S(=O)(=O)O)cc6cc(S(=O)(=O)O)cc(N)c6c5O)c(O)c4)cc3O)c(O)c12.OCCNCCO.OCCNCCO.[Cu].[Cu].[Li+].[Li+].[Na+].[Na+]. The maximum atomic E-state index is 12.2. The molecule has 0 fully saturated rings. The Morgan fingerprint density at radius 2 is 0.731 bits per heavy atom. The molecule has 0 bridgehead atoms. The van der Waals surface area contributed by atoms with Gasteiger partial charge in [0.25, 0.3) is 40.5 Å². The van der Waals surface area contributed by atoms with Crippen LogP contribution < -0.4 is 119 Å². The average Bonchev–Trinajstić information content (AvgIpc) is 3.28. The normalized spacial score (nSPS) is 11.3. The molecule has 0 aliphatic carbocycles. The van der Waals surface area contributed by atoms with Crippen molar-refractivity contribution in [2.45, 2.75) is 19.6 Å². The van der Waals surface area contributed by atoms with Crippen molar-refractivity contribution in [2.24, 2.45) is 20.5 Å². The molecule has 0 aromatic heterocycles. The summed E-state index contributed by atoms with van der Waals surface area (Å²) in [7, 11) is -20.0. The minimum atomic E-state index is -5.17. The van der Waals surface area contributed by atoms with E-state index in [1.165, 1.54) is 24.3 Å². The van der Waals surface area contributed by atoms with Gasteiger partial charge in [0.15, 0.2) is 11.5 Å². The summed E-state index contributed by atoms with van der Waals surface area (Å²) in [6.07, 6.45) is 0. The van der Waals surface area contributed by atoms with Gasteiger partial charge in [-0.25, -0.2) is 0 Å². The number of hydrogen-bond donors (Lipinski definition) is 16. The maximum absolute atomic E-state index is 12.2. The van der Waals surface area contributed by atoms with Gasteiger partial charge in [0.2, 0.25) is 0 Å². The number of fused-ring (bicyclic) bond motifs is 2. The van der Waals surface area contributed by atoms with Gasteiger partial charge in [0.1, 0.15) is 44.0 Å². The van der Waals surface area contributed by atoms with Gasteiger partial charge in [-0.15, -0.1) is 20.5 Å². The summed E-state index contributed by atoms with van der Waals surface area (Å²) in [5, 5.41) is 95.0. The van der Waals surface area contributed by atoms with Crippen LogP contribution in [0.25, 0.3) is 32.7 Å². The van der Waals surface area contributed by atoms with Gasteiger partial charge in [0.05, 0.1) is 36.2 Å². The summed E-state index contributed by atoms with van der Waals surface area (Å²) in [6, 6.07) is 11.9. The minimum Gasteiger partial charge on any atom is -0.506 e. The van der Waals surface area contributed by atoms with Crippen LogP contribution in [0.5, 0.6) is 23.0 Å². The fourth-order valence-corrected chi connectivity index (χ4v) is 8.63. The third-order valence-corrected chi connectivity index (χ3v) is 12.8. The molecule has 2 radical (unpaired) electrons. The Hall–Kier alpha value is -2.53. The Morgan fingerprint density at radius 1 is 0.436 bits per heavy atom. The van der Waals surface area contributed by atoms with E-state index < -0.39 is 106 Å². The number of anilines is 2. The van der Waals surface area contributed by atoms with E-state index in [2.05, 4.69) is 31.1 Å². The van der Waals surface area contributed by atoms with Crippen molar-refractivity contribution in [3.05, 3.63) is 72.8 Å². The third kappa shape index (κ3) is 21.7. The van der Waals surface area contributed by atoms with Crippen molar-refractivity contribution in [3.8, 4) is 34.1 Å². The van der Waals surface area contributed by atoms with Crippen molar-refractivity contribution in [2.75, 3.05) is 64.1 Å². The van der Waals surface area contributed by atoms with Gasteiger partial charge in [0, 0.05) is 82.5 Å². The number of benzene rings is 6. The zero-order valence-corrected chi connectivity index (χ0v) is 50.5. The second-order valence-electron chi connectivity index (χ2n) is 14.5. The summed E-state index contributed by atoms with van der Waals surface area (Å²) >= 11 is 0. The van der Waals surface area contributed by atoms with Gasteiger partial charge in [-0.2, -0.15) is 33.7 Å². The number of aliphatic hydroxyl groups excluding tert-OH is 4. The Kier molecular flexibility index (Phi) is 35.6. The predicted molar refractivity (Wildman–Crippen MR) is 257 cm³/mol. The number of azo groups is 2. The summed E-state index contributed by atoms with van der Waals surface area (Å²) in [5.74, 6) is -3.08. The van der Waals surface area contributed by atoms with Crippen molar-refractivity contribution >= 4 is 96.1 Å². The van der Waals surface area contributed by atoms with Gasteiger partial charge < -0.3 is 63.0 Å². The van der Waals surface area contributed by atoms with Gasteiger partial charge in [-0.3, -0.25) is 18.2 Å². The number of aromatic hydroxyl groups is 4. The quantitative estimate of drug-likeness (QED) is 0.0133. The Morgan fingerprint density at radius 3 is 0.974 bits per heavy atom. The largest absolute Gasteiger partial charge is 1.00 e. The Balaban J connectivity index is -0.00000249. The number of nitrogen functional groups attached to an aromatic ring is 2. The number of hydrogen-bond acceptors (Lipinski definition) is 24. The second-order valence-corrected chi connectivity index (χ2v) is 20.1. The first-order chi connectivity index (χ1) is 33.6. The molecule has 38 heteroatoms. The van der Waals surface area contributed by atoms with Crippen molar-refractivity contribution in [3.63, 3.8) is 0 Å². The summed E-state index contributed by atoms with van der Waals surface area (Å²) in [6.45, 7) is 2.84. The van der Waals surface area contributed by atoms with E-state index in [1.54, 1.807) is 0 Å². The molecule has 0 unspecified atom stereocenters. The summed E-state index contributed by atoms with van der Waals surface area (Å²) in [4.78, 5) is -3.57. The molecule has 0 heterocycles. The van der Waals surface area contributed by atoms with Crippen molar-refractivity contribution in [1.82, 2.24) is 10.6 Å². The van der Waals surface area contributed by atoms with Crippen LogP contribution in [0.1, 0.15) is 0 Å². The predicted octanol–water partition coefficient (Wildman–Crippen LogP) is -9.40. The first kappa shape index (κ1) is 79.7. The molecule has 412 valence electrons. The van der Waals surface area contributed by atoms with Gasteiger partial charge >= 0.3 is 96.8 Å². The molecule has 78 heavy (non-hydrogen) atoms. The fraction of sp³-hybridized carbons (Fsp3) is 0.200. The van der Waals surface area contributed by atoms with Crippen LogP contribution in [0.2, 0.25) is 0 Å². The molecule has 18 N–H and O–H groups in total. The van der Waals surface area contributed by atoms with Crippen molar-refractivity contribution in [1.29, 1.82) is 0 Å². The molecular weight excluding hydrogens is 1230 g/mol. The number of nitrogens with two attached hydrogens (primary N) is 2. The molecule has 28 nitrogen and oxygen atoms in total. The van der Waals surface area contributed by atoms with E-state index in [1.807, 2.05) is 0 Å². The third-order valence-electron chi connectivity index (χ3n) is 9.41. The fourth-order valence-electron chi connectivity index (χ4n) is 6.22. The maximum Gasteiger partial charge on any atom is 1.00 e. The number of nitrogens with one attached hydrogen (secondary N) is 2. The first-order valence-electron chi connectivity index (χ1n) is 20.0. The van der Waals surface area contributed by atoms with E-state index in [4.69, 9.17) is 31.9 Å². The molecule has 0 aliphatic rings. The average molecular weight is 1270 g/mol. The number of phenols is 4. The van der Waals surface area contributed by atoms with Crippen LogP contribution in [-0.2, 0) is 74.6 Å². The molecule has 6 rings (SSSR count). The van der Waals surface area contributed by atoms with Crippen molar-refractivity contribution < 1.29 is 224 Å². The van der Waals surface area contributed by atoms with Crippen LogP contribution in [-0.4, -0.2) is 145 Å². The summed E-state index contributed by atoms with van der Waals surface area (Å²) < 4.78 is 134. The Bertz CT molecular complexity index is 3310. The smallest absolute Gasteiger partial charge is 0.506 e. The number of nitrogens with zero attached hydrogens (tertiary/aromatic N) is 4. The molecule has 0 saturated carbocycles. The standard InChI is InChI=1S/C32H24N6O16S4.2C4H11NO2.2Cu.2Li.2Na/c33-19-11-17(55(43,44)45)5-15-9-25(57(49,50)51)29(31(41)27(15)19)37-35-21-3-1-13(7-23(21)39)14-2-4-22(24(40)8-14)36-38-30-26(58(52,53)54)10-16-6-18(56(46,47)48)12-20(34)28(16)32(30)42;2*6-3-1-5-2-4-7;;;;;;/h1-12,39-42H,33-34H2,(H,43,44,45)(H,46,47,48)(H,49,50,51)(H,52,53,54);2*5-7H,1-4H2;;;;;;/q;;;;;4*+1. The van der Waals surface area contributed by atoms with Crippen LogP contribution >= 0.6 is 0 Å². The van der Waals surface area contributed by atoms with Gasteiger partial charge in [-0.05, 0) is 82.6 Å². The van der Waals surface area contributed by atoms with Crippen LogP contribution in [0.4, 0.5) is 34.1 Å². The molecule has 0 amide bonds. The Labute approximate surface area is 535 Å². The van der Waals surface area contributed by atoms with E-state index in [9.17, 15) is 72.3 Å². The first-order valence-corrected chi connectivity index (χ1v) is 25.8. The van der Waals surface area contributed by atoms with E-state index in [-0.39, 0.29) is 201 Å². The molecule has 0 saturated heterocycles. The molecule has 6 aromatic carbocycles. The zero-order chi connectivity index (χ0) is 53.9. The topological polar surface area (TPSA) is 505 Å². The van der Waals surface area contributed by atoms with Crippen LogP contribution in [0.3, 0.4) is 0 Å². The number of phenolic OH excluding ortho intramolecular Hbond substituents is 4. The minimum absolute atomic E-state index is 0. The summed E-state index contributed by atoms with van der Waals surface area (Å²) in [5.41, 5.74) is 8.99. The molecule has 0 atom stereocenters. The molecule has 6 aromatic rings. The molecular formula is C40H46Cu2Li2N8Na2O20S4+4. The molecule has 0 aliphatic heterocycles. The molecule has 0 spiro atoms. The monoisotopic (exact) mass is 1270 g/mol. The van der Waals surface area contributed by atoms with Gasteiger partial charge in [-0.1, -0.05) is 12.1 Å². The van der Waals surface area contributed by atoms with E-state index >= 15 is 0 Å². The van der Waals surface area contributed by atoms with E-state index in [0.29, 0.717) is 26.2 Å². The second kappa shape index (κ2) is 34.8. The number of aliphatic hydroxyl groups is 4. The number of rotatable bonds is 17. The van der Waals surface area contributed by atoms with Crippen LogP contribution in [0, 0.1) is 0 Å². The van der Waals surface area contributed by atoms with Crippen LogP contribution in [0.15, 0.2) is 113 Å². The van der Waals surface area contributed by atoms with E-state index in [0.717, 1.165) is 48.5 Å².